The van der Waals surface area contributed by atoms with E-state index in [2.05, 4.69) is 15.5 Å². The first-order chi connectivity index (χ1) is 9.54. The van der Waals surface area contributed by atoms with Crippen LogP contribution in [0.25, 0.3) is 0 Å². The van der Waals surface area contributed by atoms with Crippen molar-refractivity contribution in [3.63, 3.8) is 0 Å². The number of carboxylic acid groups (broad SMARTS) is 1. The maximum absolute atomic E-state index is 12.4. The van der Waals surface area contributed by atoms with Gasteiger partial charge in [0.2, 0.25) is 0 Å². The molecule has 3 amide bonds. The lowest BCUT2D eigenvalue weighted by Crippen LogP contribution is -2.53. The molecule has 10 heteroatoms. The van der Waals surface area contributed by atoms with E-state index in [4.69, 9.17) is 15.3 Å². The van der Waals surface area contributed by atoms with E-state index in [-0.39, 0.29) is 6.01 Å². The third-order valence-electron chi connectivity index (χ3n) is 2.62. The fourth-order valence-corrected chi connectivity index (χ4v) is 1.51. The van der Waals surface area contributed by atoms with Gasteiger partial charge in [-0.25, -0.2) is 4.79 Å². The van der Waals surface area contributed by atoms with Crippen molar-refractivity contribution in [2.24, 2.45) is 11.1 Å². The topological polar surface area (TPSA) is 152 Å². The van der Waals surface area contributed by atoms with E-state index in [1.807, 2.05) is 0 Å². The normalized spacial score (nSPS) is 12.6. The molecule has 1 heterocycles. The van der Waals surface area contributed by atoms with Gasteiger partial charge in [0.25, 0.3) is 5.91 Å². The summed E-state index contributed by atoms with van der Waals surface area (Å²) in [5.41, 5.74) is 4.29. The van der Waals surface area contributed by atoms with Crippen molar-refractivity contribution in [1.82, 2.24) is 15.5 Å². The van der Waals surface area contributed by atoms with Gasteiger partial charge in [0.05, 0.1) is 0 Å². The van der Waals surface area contributed by atoms with Gasteiger partial charge in [-0.2, -0.15) is 0 Å². The quantitative estimate of drug-likeness (QED) is 0.696. The van der Waals surface area contributed by atoms with E-state index in [0.29, 0.717) is 0 Å². The highest BCUT2D eigenvalue weighted by Gasteiger charge is 2.36. The Morgan fingerprint density at radius 2 is 1.90 bits per heavy atom. The third kappa shape index (κ3) is 3.91. The van der Waals surface area contributed by atoms with Crippen molar-refractivity contribution in [3.8, 4) is 0 Å². The molecule has 0 saturated heterocycles. The molecule has 0 aliphatic heterocycles. The molecule has 0 spiro atoms. The van der Waals surface area contributed by atoms with Crippen LogP contribution in [-0.2, 0) is 4.79 Å². The van der Waals surface area contributed by atoms with Crippen molar-refractivity contribution in [3.05, 3.63) is 5.89 Å². The first-order valence-electron chi connectivity index (χ1n) is 5.94. The number of hydrogen-bond donors (Lipinski definition) is 3. The van der Waals surface area contributed by atoms with Gasteiger partial charge in [-0.05, 0) is 5.41 Å². The first-order valence-corrected chi connectivity index (χ1v) is 5.94. The maximum atomic E-state index is 12.4. The highest BCUT2D eigenvalue weighted by atomic mass is 16.4. The largest absolute Gasteiger partial charge is 0.465 e. The minimum Gasteiger partial charge on any atom is -0.465 e. The zero-order valence-corrected chi connectivity index (χ0v) is 12.1. The van der Waals surface area contributed by atoms with E-state index in [1.165, 1.54) is 7.05 Å². The monoisotopic (exact) mass is 299 g/mol. The van der Waals surface area contributed by atoms with E-state index >= 15 is 0 Å². The second-order valence-electron chi connectivity index (χ2n) is 5.40. The van der Waals surface area contributed by atoms with Gasteiger partial charge in [-0.15, -0.1) is 5.10 Å². The Morgan fingerprint density at radius 3 is 2.29 bits per heavy atom. The van der Waals surface area contributed by atoms with Crippen molar-refractivity contribution < 1.29 is 23.9 Å². The Kier molecular flexibility index (Phi) is 4.51. The van der Waals surface area contributed by atoms with Gasteiger partial charge >= 0.3 is 23.9 Å². The Hall–Kier alpha value is -2.65. The highest BCUT2D eigenvalue weighted by Crippen LogP contribution is 2.22. The molecule has 10 nitrogen and oxygen atoms in total. The first kappa shape index (κ1) is 16.4. The van der Waals surface area contributed by atoms with Crippen molar-refractivity contribution in [1.29, 1.82) is 0 Å². The van der Waals surface area contributed by atoms with Crippen LogP contribution in [-0.4, -0.2) is 46.3 Å². The summed E-state index contributed by atoms with van der Waals surface area (Å²) in [6.45, 7) is 5.09. The molecule has 0 saturated carbocycles. The Bertz CT molecular complexity index is 562. The number of aromatic nitrogens is 2. The fraction of sp³-hybridized carbons (Fsp3) is 0.545. The number of nitrogens with zero attached hydrogens (tertiary/aromatic N) is 3. The van der Waals surface area contributed by atoms with E-state index in [9.17, 15) is 14.4 Å². The molecule has 4 N–H and O–H groups in total. The Labute approximate surface area is 120 Å². The summed E-state index contributed by atoms with van der Waals surface area (Å²) < 4.78 is 4.93. The average molecular weight is 299 g/mol. The lowest BCUT2D eigenvalue weighted by molar-refractivity contribution is -0.122. The molecule has 0 aromatic carbocycles. The molecular formula is C11H17N5O5. The van der Waals surface area contributed by atoms with Crippen LogP contribution < -0.4 is 16.0 Å². The van der Waals surface area contributed by atoms with E-state index in [0.717, 1.165) is 4.90 Å². The Morgan fingerprint density at radius 1 is 1.33 bits per heavy atom. The van der Waals surface area contributed by atoms with Gasteiger partial charge in [0, 0.05) is 7.05 Å². The molecule has 1 aromatic heterocycles. The van der Waals surface area contributed by atoms with Crippen molar-refractivity contribution >= 4 is 23.9 Å². The van der Waals surface area contributed by atoms with Crippen molar-refractivity contribution in [2.45, 2.75) is 26.8 Å². The molecule has 116 valence electrons. The van der Waals surface area contributed by atoms with Crippen LogP contribution in [0.1, 0.15) is 31.5 Å². The molecule has 1 atom stereocenters. The predicted octanol–water partition coefficient (Wildman–Crippen LogP) is -0.186. The molecule has 21 heavy (non-hydrogen) atoms. The van der Waals surface area contributed by atoms with Crippen LogP contribution >= 0.6 is 0 Å². The van der Waals surface area contributed by atoms with Crippen LogP contribution in [0.4, 0.5) is 10.8 Å². The van der Waals surface area contributed by atoms with Gasteiger partial charge < -0.3 is 20.6 Å². The smallest absolute Gasteiger partial charge is 0.405 e. The number of carbonyl (C=O) groups is 3. The summed E-state index contributed by atoms with van der Waals surface area (Å²) in [6.07, 6.45) is -1.33. The molecule has 0 bridgehead atoms. The average Bonchev–Trinajstić information content (AvgIpc) is 2.82. The molecule has 0 aliphatic carbocycles. The van der Waals surface area contributed by atoms with Crippen LogP contribution in [0.3, 0.4) is 0 Å². The SMILES string of the molecule is CN(C(=O)C(NC(=O)O)C(C)(C)C)c1nnc(C(N)=O)o1. The molecule has 0 aliphatic rings. The number of nitrogens with one attached hydrogen (secondary N) is 1. The minimum absolute atomic E-state index is 0.254. The molecule has 1 rings (SSSR count). The number of anilines is 1. The zero-order chi connectivity index (χ0) is 16.4. The van der Waals surface area contributed by atoms with Gasteiger partial charge in [0.1, 0.15) is 6.04 Å². The Balaban J connectivity index is 3.01. The summed E-state index contributed by atoms with van der Waals surface area (Å²) in [5, 5.41) is 17.9. The number of primary amides is 1. The number of hydrogen-bond acceptors (Lipinski definition) is 6. The molecule has 1 unspecified atom stereocenters. The highest BCUT2D eigenvalue weighted by molar-refractivity contribution is 5.97. The summed E-state index contributed by atoms with van der Waals surface area (Å²) in [4.78, 5) is 35.0. The second-order valence-corrected chi connectivity index (χ2v) is 5.40. The molecular weight excluding hydrogens is 282 g/mol. The number of nitrogens with two attached hydrogens (primary N) is 1. The van der Waals surface area contributed by atoms with Crippen LogP contribution in [0.15, 0.2) is 4.42 Å². The lowest BCUT2D eigenvalue weighted by Gasteiger charge is -2.31. The van der Waals surface area contributed by atoms with E-state index < -0.39 is 35.3 Å². The van der Waals surface area contributed by atoms with E-state index in [1.54, 1.807) is 20.8 Å². The third-order valence-corrected chi connectivity index (χ3v) is 2.62. The lowest BCUT2D eigenvalue weighted by atomic mass is 9.86. The molecule has 1 aromatic rings. The van der Waals surface area contributed by atoms with Crippen LogP contribution in [0, 0.1) is 5.41 Å². The second kappa shape index (κ2) is 5.77. The summed E-state index contributed by atoms with van der Waals surface area (Å²) in [7, 11) is 1.32. The molecule has 0 radical (unpaired) electrons. The van der Waals surface area contributed by atoms with Crippen molar-refractivity contribution in [2.75, 3.05) is 11.9 Å². The molecule has 0 fully saturated rings. The number of carbonyl (C=O) groups excluding carboxylic acids is 2. The van der Waals surface area contributed by atoms with Gasteiger partial charge in [-0.1, -0.05) is 25.9 Å². The number of likely N-dealkylation sites (N-methyl/N-ethyl adjacent to an activating group) is 1. The number of rotatable bonds is 4. The number of amides is 3. The maximum Gasteiger partial charge on any atom is 0.405 e. The fourth-order valence-electron chi connectivity index (χ4n) is 1.51. The van der Waals surface area contributed by atoms with Gasteiger partial charge in [0.15, 0.2) is 0 Å². The standard InChI is InChI=1S/C11H17N5O5/c1-11(2,3)5(13-10(19)20)8(18)16(4)9-15-14-7(21-9)6(12)17/h5,13H,1-4H3,(H2,12,17)(H,19,20). The van der Waals surface area contributed by atoms with Gasteiger partial charge in [-0.3, -0.25) is 14.5 Å². The predicted molar refractivity (Wildman–Crippen MR) is 70.6 cm³/mol. The summed E-state index contributed by atoms with van der Waals surface area (Å²) >= 11 is 0. The summed E-state index contributed by atoms with van der Waals surface area (Å²) in [6, 6.07) is -1.29. The zero-order valence-electron chi connectivity index (χ0n) is 12.1. The minimum atomic E-state index is -1.33. The van der Waals surface area contributed by atoms with Crippen LogP contribution in [0.5, 0.6) is 0 Å². The summed E-state index contributed by atoms with van der Waals surface area (Å²) in [5.74, 6) is -1.97. The van der Waals surface area contributed by atoms with Crippen LogP contribution in [0.2, 0.25) is 0 Å².